The first-order valence-electron chi connectivity index (χ1n) is 5.41. The Labute approximate surface area is 105 Å². The molecule has 1 aromatic carbocycles. The number of aliphatic hydroxyl groups excluding tert-OH is 1. The summed E-state index contributed by atoms with van der Waals surface area (Å²) >= 11 is 5.78. The van der Waals surface area contributed by atoms with Gasteiger partial charge >= 0.3 is 0 Å². The normalized spacial score (nSPS) is 12.6. The van der Waals surface area contributed by atoms with Gasteiger partial charge in [-0.15, -0.1) is 0 Å². The van der Waals surface area contributed by atoms with Crippen molar-refractivity contribution in [2.24, 2.45) is 0 Å². The topological polar surface area (TPSA) is 45.4 Å². The lowest BCUT2D eigenvalue weighted by atomic mass is 10.1. The van der Waals surface area contributed by atoms with Crippen molar-refractivity contribution in [2.45, 2.75) is 12.6 Å². The quantitative estimate of drug-likeness (QED) is 0.859. The SMILES string of the molecule is OC(CNCc1ccoc1)c1ccc(Cl)cc1. The molecule has 0 aliphatic rings. The minimum atomic E-state index is -0.529. The standard InChI is InChI=1S/C13H14ClNO2/c14-12-3-1-11(2-4-12)13(16)8-15-7-10-5-6-17-9-10/h1-6,9,13,15-16H,7-8H2. The fourth-order valence-corrected chi connectivity index (χ4v) is 1.68. The van der Waals surface area contributed by atoms with Gasteiger partial charge in [-0.3, -0.25) is 0 Å². The van der Waals surface area contributed by atoms with Crippen LogP contribution in [0.25, 0.3) is 0 Å². The number of nitrogens with one attached hydrogen (secondary N) is 1. The van der Waals surface area contributed by atoms with Crippen LogP contribution in [0.5, 0.6) is 0 Å². The lowest BCUT2D eigenvalue weighted by Gasteiger charge is -2.11. The zero-order chi connectivity index (χ0) is 12.1. The van der Waals surface area contributed by atoms with E-state index in [-0.39, 0.29) is 0 Å². The van der Waals surface area contributed by atoms with E-state index in [1.54, 1.807) is 24.7 Å². The molecule has 2 aromatic rings. The average Bonchev–Trinajstić information content (AvgIpc) is 2.83. The van der Waals surface area contributed by atoms with Crippen molar-refractivity contribution in [3.05, 3.63) is 59.0 Å². The van der Waals surface area contributed by atoms with Crippen LogP contribution < -0.4 is 5.32 Å². The maximum absolute atomic E-state index is 9.91. The van der Waals surface area contributed by atoms with E-state index in [2.05, 4.69) is 5.32 Å². The average molecular weight is 252 g/mol. The largest absolute Gasteiger partial charge is 0.472 e. The summed E-state index contributed by atoms with van der Waals surface area (Å²) in [6.07, 6.45) is 2.79. The minimum Gasteiger partial charge on any atom is -0.472 e. The van der Waals surface area contributed by atoms with Gasteiger partial charge in [-0.25, -0.2) is 0 Å². The van der Waals surface area contributed by atoms with Crippen molar-refractivity contribution >= 4 is 11.6 Å². The maximum Gasteiger partial charge on any atom is 0.0947 e. The van der Waals surface area contributed by atoms with E-state index in [1.165, 1.54) is 0 Å². The van der Waals surface area contributed by atoms with E-state index >= 15 is 0 Å². The van der Waals surface area contributed by atoms with Gasteiger partial charge in [-0.2, -0.15) is 0 Å². The molecule has 0 saturated heterocycles. The molecule has 1 aromatic heterocycles. The summed E-state index contributed by atoms with van der Waals surface area (Å²) < 4.78 is 4.95. The molecule has 1 heterocycles. The first-order chi connectivity index (χ1) is 8.25. The number of furan rings is 1. The molecule has 0 saturated carbocycles. The van der Waals surface area contributed by atoms with Gasteiger partial charge in [0.2, 0.25) is 0 Å². The third-order valence-corrected chi connectivity index (χ3v) is 2.75. The summed E-state index contributed by atoms with van der Waals surface area (Å²) in [7, 11) is 0. The zero-order valence-electron chi connectivity index (χ0n) is 9.27. The van der Waals surface area contributed by atoms with Crippen LogP contribution in [0.2, 0.25) is 5.02 Å². The molecule has 17 heavy (non-hydrogen) atoms. The van der Waals surface area contributed by atoms with Crippen LogP contribution in [0.3, 0.4) is 0 Å². The molecule has 1 atom stereocenters. The Morgan fingerprint density at radius 3 is 2.65 bits per heavy atom. The van der Waals surface area contributed by atoms with Crippen LogP contribution >= 0.6 is 11.6 Å². The second-order valence-corrected chi connectivity index (χ2v) is 4.27. The molecule has 2 N–H and O–H groups in total. The third-order valence-electron chi connectivity index (χ3n) is 2.50. The van der Waals surface area contributed by atoms with E-state index in [4.69, 9.17) is 16.0 Å². The second-order valence-electron chi connectivity index (χ2n) is 3.83. The van der Waals surface area contributed by atoms with Crippen molar-refractivity contribution < 1.29 is 9.52 Å². The van der Waals surface area contributed by atoms with Crippen molar-refractivity contribution in [2.75, 3.05) is 6.54 Å². The van der Waals surface area contributed by atoms with E-state index < -0.39 is 6.10 Å². The molecule has 0 aliphatic heterocycles. The first kappa shape index (κ1) is 12.2. The van der Waals surface area contributed by atoms with Gasteiger partial charge in [-0.05, 0) is 23.8 Å². The number of benzene rings is 1. The van der Waals surface area contributed by atoms with E-state index in [1.807, 2.05) is 18.2 Å². The summed E-state index contributed by atoms with van der Waals surface area (Å²) in [4.78, 5) is 0. The minimum absolute atomic E-state index is 0.493. The molecule has 0 amide bonds. The summed E-state index contributed by atoms with van der Waals surface area (Å²) in [6, 6.07) is 9.09. The lowest BCUT2D eigenvalue weighted by molar-refractivity contribution is 0.174. The van der Waals surface area contributed by atoms with Gasteiger partial charge in [0, 0.05) is 23.7 Å². The molecule has 1 unspecified atom stereocenters. The predicted octanol–water partition coefficient (Wildman–Crippen LogP) is 2.76. The first-order valence-corrected chi connectivity index (χ1v) is 5.79. The number of rotatable bonds is 5. The van der Waals surface area contributed by atoms with Crippen molar-refractivity contribution in [3.63, 3.8) is 0 Å². The summed E-state index contributed by atoms with van der Waals surface area (Å²) in [5.41, 5.74) is 1.92. The van der Waals surface area contributed by atoms with Crippen molar-refractivity contribution in [3.8, 4) is 0 Å². The van der Waals surface area contributed by atoms with Gasteiger partial charge in [0.1, 0.15) is 0 Å². The smallest absolute Gasteiger partial charge is 0.0947 e. The van der Waals surface area contributed by atoms with E-state index in [0.717, 1.165) is 11.1 Å². The second kappa shape index (κ2) is 5.87. The molecule has 2 rings (SSSR count). The Morgan fingerprint density at radius 2 is 2.00 bits per heavy atom. The van der Waals surface area contributed by atoms with Gasteiger partial charge in [0.15, 0.2) is 0 Å². The van der Waals surface area contributed by atoms with Crippen LogP contribution in [-0.2, 0) is 6.54 Å². The highest BCUT2D eigenvalue weighted by Crippen LogP contribution is 2.15. The van der Waals surface area contributed by atoms with Crippen LogP contribution in [0, 0.1) is 0 Å². The number of halogens is 1. The van der Waals surface area contributed by atoms with E-state index in [0.29, 0.717) is 18.1 Å². The van der Waals surface area contributed by atoms with Gasteiger partial charge < -0.3 is 14.8 Å². The Bertz CT molecular complexity index is 439. The zero-order valence-corrected chi connectivity index (χ0v) is 10.0. The van der Waals surface area contributed by atoms with Crippen molar-refractivity contribution in [1.82, 2.24) is 5.32 Å². The summed E-state index contributed by atoms with van der Waals surface area (Å²) in [5.74, 6) is 0. The van der Waals surface area contributed by atoms with Gasteiger partial charge in [0.25, 0.3) is 0 Å². The predicted molar refractivity (Wildman–Crippen MR) is 66.8 cm³/mol. The molecule has 0 spiro atoms. The Kier molecular flexibility index (Phi) is 4.20. The molecule has 0 fully saturated rings. The lowest BCUT2D eigenvalue weighted by Crippen LogP contribution is -2.20. The Morgan fingerprint density at radius 1 is 1.24 bits per heavy atom. The molecule has 3 nitrogen and oxygen atoms in total. The van der Waals surface area contributed by atoms with Crippen LogP contribution in [-0.4, -0.2) is 11.7 Å². The Balaban J connectivity index is 1.81. The van der Waals surface area contributed by atoms with Gasteiger partial charge in [-0.1, -0.05) is 23.7 Å². The molecule has 0 bridgehead atoms. The molecule has 0 radical (unpaired) electrons. The molecule has 90 valence electrons. The molecule has 4 heteroatoms. The number of aliphatic hydroxyl groups is 1. The van der Waals surface area contributed by atoms with Crippen LogP contribution in [0.15, 0.2) is 47.3 Å². The van der Waals surface area contributed by atoms with Crippen LogP contribution in [0.1, 0.15) is 17.2 Å². The number of hydrogen-bond acceptors (Lipinski definition) is 3. The number of hydrogen-bond donors (Lipinski definition) is 2. The van der Waals surface area contributed by atoms with Crippen molar-refractivity contribution in [1.29, 1.82) is 0 Å². The molecular formula is C13H14ClNO2. The summed E-state index contributed by atoms with van der Waals surface area (Å²) in [5, 5.41) is 13.7. The van der Waals surface area contributed by atoms with Gasteiger partial charge in [0.05, 0.1) is 18.6 Å². The van der Waals surface area contributed by atoms with E-state index in [9.17, 15) is 5.11 Å². The highest BCUT2D eigenvalue weighted by atomic mass is 35.5. The summed E-state index contributed by atoms with van der Waals surface area (Å²) in [6.45, 7) is 1.17. The van der Waals surface area contributed by atoms with Crippen LogP contribution in [0.4, 0.5) is 0 Å². The molecular weight excluding hydrogens is 238 g/mol. The fraction of sp³-hybridized carbons (Fsp3) is 0.231. The molecule has 0 aliphatic carbocycles. The fourth-order valence-electron chi connectivity index (χ4n) is 1.55. The highest BCUT2D eigenvalue weighted by Gasteiger charge is 2.06. The Hall–Kier alpha value is -1.29. The monoisotopic (exact) mass is 251 g/mol. The highest BCUT2D eigenvalue weighted by molar-refractivity contribution is 6.30. The third kappa shape index (κ3) is 3.60. The maximum atomic E-state index is 9.91.